The highest BCUT2D eigenvalue weighted by atomic mass is 79.9. The van der Waals surface area contributed by atoms with Gasteiger partial charge in [0, 0.05) is 0 Å². The maximum atomic E-state index is 13.1. The van der Waals surface area contributed by atoms with E-state index in [2.05, 4.69) is 52.9 Å². The van der Waals surface area contributed by atoms with E-state index in [1.165, 1.54) is 48.8 Å². The summed E-state index contributed by atoms with van der Waals surface area (Å²) in [5, 5.41) is 7.37. The van der Waals surface area contributed by atoms with Crippen LogP contribution in [0.1, 0.15) is 17.5 Å². The summed E-state index contributed by atoms with van der Waals surface area (Å²) in [5.41, 5.74) is 5.47. The predicted octanol–water partition coefficient (Wildman–Crippen LogP) is 3.48. The maximum absolute atomic E-state index is 13.1. The molecule has 6 nitrogen and oxygen atoms in total. The van der Waals surface area contributed by atoms with E-state index in [0.717, 1.165) is 0 Å². The van der Waals surface area contributed by atoms with Crippen molar-refractivity contribution < 1.29 is 18.4 Å². The number of carbonyl (C=O) groups excluding carboxylic acids is 2. The van der Waals surface area contributed by atoms with Gasteiger partial charge in [-0.25, -0.2) is 19.6 Å². The lowest BCUT2D eigenvalue weighted by Gasteiger charge is -2.00. The largest absolute Gasteiger partial charge is 0.273 e. The molecule has 27 heavy (non-hydrogen) atoms. The Balaban J connectivity index is 1.78. The number of nitrogens with zero attached hydrogens (tertiary/aromatic N) is 2. The molecule has 2 amide bonds. The summed E-state index contributed by atoms with van der Waals surface area (Å²) in [7, 11) is 0. The summed E-state index contributed by atoms with van der Waals surface area (Å²) in [6.45, 7) is 0. The Hall–Kier alpha value is -2.46. The summed E-state index contributed by atoms with van der Waals surface area (Å²) >= 11 is 6.07. The molecular formula is C17H12Br2F2N4O2. The van der Waals surface area contributed by atoms with E-state index < -0.39 is 29.9 Å². The van der Waals surface area contributed by atoms with Crippen LogP contribution in [0.15, 0.2) is 55.5 Å². The van der Waals surface area contributed by atoms with Crippen molar-refractivity contribution in [3.63, 3.8) is 0 Å². The van der Waals surface area contributed by atoms with Crippen LogP contribution in [0.5, 0.6) is 0 Å². The van der Waals surface area contributed by atoms with Crippen LogP contribution in [0.4, 0.5) is 8.78 Å². The number of hydrogen-bond acceptors (Lipinski definition) is 4. The van der Waals surface area contributed by atoms with Crippen molar-refractivity contribution in [2.45, 2.75) is 6.42 Å². The smallest absolute Gasteiger partial charge is 0.249 e. The lowest BCUT2D eigenvalue weighted by Crippen LogP contribution is -2.27. The number of benzene rings is 2. The third-order valence-corrected chi connectivity index (χ3v) is 4.23. The molecule has 0 unspecified atom stereocenters. The Morgan fingerprint density at radius 1 is 0.852 bits per heavy atom. The highest BCUT2D eigenvalue weighted by Crippen LogP contribution is 2.16. The summed E-state index contributed by atoms with van der Waals surface area (Å²) in [6, 6.07) is 8.42. The van der Waals surface area contributed by atoms with Crippen molar-refractivity contribution in [3.8, 4) is 0 Å². The van der Waals surface area contributed by atoms with Gasteiger partial charge >= 0.3 is 0 Å². The van der Waals surface area contributed by atoms with Gasteiger partial charge in [0.25, 0.3) is 0 Å². The van der Waals surface area contributed by atoms with Crippen LogP contribution < -0.4 is 10.9 Å². The molecule has 0 heterocycles. The van der Waals surface area contributed by atoms with Crippen molar-refractivity contribution >= 4 is 56.1 Å². The number of rotatable bonds is 6. The van der Waals surface area contributed by atoms with Crippen LogP contribution >= 0.6 is 31.9 Å². The van der Waals surface area contributed by atoms with Gasteiger partial charge in [0.15, 0.2) is 0 Å². The fourth-order valence-electron chi connectivity index (χ4n) is 1.77. The van der Waals surface area contributed by atoms with Crippen molar-refractivity contribution in [1.82, 2.24) is 10.9 Å². The molecular weight excluding hydrogens is 490 g/mol. The van der Waals surface area contributed by atoms with Crippen LogP contribution in [0.2, 0.25) is 0 Å². The van der Waals surface area contributed by atoms with Gasteiger partial charge in [-0.05, 0) is 67.3 Å². The van der Waals surface area contributed by atoms with Crippen molar-refractivity contribution in [3.05, 3.63) is 68.1 Å². The molecule has 0 aliphatic heterocycles. The van der Waals surface area contributed by atoms with E-state index in [1.807, 2.05) is 0 Å². The second kappa shape index (κ2) is 10.0. The molecule has 2 N–H and O–H groups in total. The SMILES string of the molecule is O=C(CC(=O)N/N=C\c1ccc(F)c(Br)c1)N/N=C\c1ccc(F)c(Br)c1. The van der Waals surface area contributed by atoms with Crippen molar-refractivity contribution in [1.29, 1.82) is 0 Å². The van der Waals surface area contributed by atoms with E-state index in [1.54, 1.807) is 0 Å². The minimum absolute atomic E-state index is 0.267. The van der Waals surface area contributed by atoms with Gasteiger partial charge in [-0.1, -0.05) is 12.1 Å². The number of halogens is 4. The summed E-state index contributed by atoms with van der Waals surface area (Å²) in [4.78, 5) is 23.3. The topological polar surface area (TPSA) is 82.9 Å². The molecule has 2 aromatic carbocycles. The molecule has 10 heteroatoms. The van der Waals surface area contributed by atoms with Crippen molar-refractivity contribution in [2.75, 3.05) is 0 Å². The van der Waals surface area contributed by atoms with Gasteiger partial charge in [0.05, 0.1) is 21.4 Å². The van der Waals surface area contributed by atoms with E-state index in [0.29, 0.717) is 11.1 Å². The Kier molecular flexibility index (Phi) is 7.74. The van der Waals surface area contributed by atoms with Crippen LogP contribution in [0.3, 0.4) is 0 Å². The highest BCUT2D eigenvalue weighted by molar-refractivity contribution is 9.10. The quantitative estimate of drug-likeness (QED) is 0.361. The number of amides is 2. The standard InChI is InChI=1S/C17H12Br2F2N4O2/c18-12-5-10(1-3-14(12)20)8-22-24-16(26)7-17(27)25-23-9-11-2-4-15(21)13(19)6-11/h1-6,8-9H,7H2,(H,24,26)(H,25,27)/b22-8-,23-9-. The van der Waals surface area contributed by atoms with E-state index in [-0.39, 0.29) is 8.95 Å². The number of nitrogens with one attached hydrogen (secondary N) is 2. The summed E-state index contributed by atoms with van der Waals surface area (Å²) in [6.07, 6.45) is 2.13. The third-order valence-electron chi connectivity index (χ3n) is 3.01. The minimum Gasteiger partial charge on any atom is -0.273 e. The third kappa shape index (κ3) is 6.99. The highest BCUT2D eigenvalue weighted by Gasteiger charge is 2.07. The lowest BCUT2D eigenvalue weighted by molar-refractivity contribution is -0.129. The molecule has 140 valence electrons. The van der Waals surface area contributed by atoms with Gasteiger partial charge in [-0.2, -0.15) is 10.2 Å². The average Bonchev–Trinajstić information content (AvgIpc) is 2.61. The molecule has 0 fully saturated rings. The predicted molar refractivity (Wildman–Crippen MR) is 104 cm³/mol. The molecule has 0 aromatic heterocycles. The Labute approximate surface area is 170 Å². The molecule has 2 aromatic rings. The molecule has 0 spiro atoms. The molecule has 0 aliphatic rings. The average molecular weight is 502 g/mol. The number of hydrogen-bond donors (Lipinski definition) is 2. The van der Waals surface area contributed by atoms with Gasteiger partial charge in [0.2, 0.25) is 11.8 Å². The second-order valence-corrected chi connectivity index (χ2v) is 6.82. The Morgan fingerprint density at radius 3 is 1.63 bits per heavy atom. The first-order valence-electron chi connectivity index (χ1n) is 7.39. The Bertz CT molecular complexity index is 846. The van der Waals surface area contributed by atoms with E-state index in [4.69, 9.17) is 0 Å². The zero-order chi connectivity index (χ0) is 19.8. The van der Waals surface area contributed by atoms with E-state index >= 15 is 0 Å². The van der Waals surface area contributed by atoms with Gasteiger partial charge < -0.3 is 0 Å². The normalized spacial score (nSPS) is 11.1. The summed E-state index contributed by atoms with van der Waals surface area (Å²) < 4.78 is 26.7. The zero-order valence-corrected chi connectivity index (χ0v) is 16.7. The van der Waals surface area contributed by atoms with Crippen LogP contribution in [-0.4, -0.2) is 24.2 Å². The minimum atomic E-state index is -0.648. The summed E-state index contributed by atoms with van der Waals surface area (Å²) in [5.74, 6) is -2.13. The maximum Gasteiger partial charge on any atom is 0.249 e. The fraction of sp³-hybridized carbons (Fsp3) is 0.0588. The Morgan fingerprint density at radius 2 is 1.26 bits per heavy atom. The molecule has 0 saturated carbocycles. The molecule has 0 saturated heterocycles. The van der Waals surface area contributed by atoms with Crippen LogP contribution in [0.25, 0.3) is 0 Å². The first kappa shape index (κ1) is 20.8. The first-order valence-corrected chi connectivity index (χ1v) is 8.97. The van der Waals surface area contributed by atoms with E-state index in [9.17, 15) is 18.4 Å². The van der Waals surface area contributed by atoms with Gasteiger partial charge in [0.1, 0.15) is 18.1 Å². The number of carbonyl (C=O) groups is 2. The number of hydrazone groups is 2. The fourth-order valence-corrected chi connectivity index (χ4v) is 2.56. The van der Waals surface area contributed by atoms with Crippen LogP contribution in [-0.2, 0) is 9.59 Å². The molecule has 0 atom stereocenters. The molecule has 0 aliphatic carbocycles. The molecule has 2 rings (SSSR count). The molecule has 0 bridgehead atoms. The van der Waals surface area contributed by atoms with Gasteiger partial charge in [-0.15, -0.1) is 0 Å². The van der Waals surface area contributed by atoms with Crippen LogP contribution in [0, 0.1) is 11.6 Å². The second-order valence-electron chi connectivity index (χ2n) is 5.11. The lowest BCUT2D eigenvalue weighted by atomic mass is 10.2. The van der Waals surface area contributed by atoms with Gasteiger partial charge in [-0.3, -0.25) is 9.59 Å². The van der Waals surface area contributed by atoms with Crippen molar-refractivity contribution in [2.24, 2.45) is 10.2 Å². The monoisotopic (exact) mass is 500 g/mol. The first-order chi connectivity index (χ1) is 12.8. The zero-order valence-electron chi connectivity index (χ0n) is 13.5. The molecule has 0 radical (unpaired) electrons.